The summed E-state index contributed by atoms with van der Waals surface area (Å²) in [6.45, 7) is 5.87. The highest BCUT2D eigenvalue weighted by Gasteiger charge is 1.98. The first-order valence-electron chi connectivity index (χ1n) is 5.56. The molecule has 0 fully saturated rings. The fourth-order valence-corrected chi connectivity index (χ4v) is 1.56. The van der Waals surface area contributed by atoms with Crippen LogP contribution < -0.4 is 0 Å². The number of benzene rings is 1. The molecule has 1 rings (SSSR count). The third-order valence-corrected chi connectivity index (χ3v) is 2.55. The molecule has 0 aromatic heterocycles. The van der Waals surface area contributed by atoms with E-state index in [1.807, 2.05) is 6.92 Å². The van der Waals surface area contributed by atoms with Gasteiger partial charge in [-0.05, 0) is 37.3 Å². The van der Waals surface area contributed by atoms with Crippen LogP contribution in [0.5, 0.6) is 0 Å². The molecule has 0 aliphatic rings. The summed E-state index contributed by atoms with van der Waals surface area (Å²) < 4.78 is 0. The van der Waals surface area contributed by atoms with Crippen molar-refractivity contribution < 1.29 is 9.90 Å². The van der Waals surface area contributed by atoms with Crippen LogP contribution in [-0.2, 0) is 11.2 Å². The quantitative estimate of drug-likeness (QED) is 0.742. The highest BCUT2D eigenvalue weighted by atomic mass is 16.4. The van der Waals surface area contributed by atoms with Crippen LogP contribution in [-0.4, -0.2) is 11.1 Å². The van der Waals surface area contributed by atoms with Crippen molar-refractivity contribution in [1.29, 1.82) is 0 Å². The second-order valence-electron chi connectivity index (χ2n) is 4.08. The van der Waals surface area contributed by atoms with Gasteiger partial charge in [0.2, 0.25) is 0 Å². The summed E-state index contributed by atoms with van der Waals surface area (Å²) in [5.74, 6) is -0.711. The average molecular weight is 218 g/mol. The monoisotopic (exact) mass is 218 g/mol. The van der Waals surface area contributed by atoms with E-state index in [1.165, 1.54) is 5.56 Å². The van der Waals surface area contributed by atoms with E-state index in [-0.39, 0.29) is 6.42 Å². The molecule has 86 valence electrons. The predicted molar refractivity (Wildman–Crippen MR) is 66.3 cm³/mol. The summed E-state index contributed by atoms with van der Waals surface area (Å²) >= 11 is 0. The largest absolute Gasteiger partial charge is 0.481 e. The van der Waals surface area contributed by atoms with Gasteiger partial charge in [-0.25, -0.2) is 0 Å². The van der Waals surface area contributed by atoms with Gasteiger partial charge in [0.1, 0.15) is 0 Å². The maximum Gasteiger partial charge on any atom is 0.303 e. The standard InChI is InChI=1S/C14H18O2/c1-11(2)13-9-7-12(8-10-13)5-3-4-6-14(15)16/h7-10H,1,3-6H2,2H3,(H,15,16). The molecule has 0 saturated carbocycles. The van der Waals surface area contributed by atoms with Crippen molar-refractivity contribution in [3.8, 4) is 0 Å². The van der Waals surface area contributed by atoms with Crippen molar-refractivity contribution in [3.05, 3.63) is 42.0 Å². The Morgan fingerprint density at radius 1 is 1.25 bits per heavy atom. The summed E-state index contributed by atoms with van der Waals surface area (Å²) in [7, 11) is 0. The molecule has 0 heterocycles. The van der Waals surface area contributed by atoms with Gasteiger partial charge in [0.05, 0.1) is 0 Å². The van der Waals surface area contributed by atoms with Gasteiger partial charge in [-0.15, -0.1) is 0 Å². The van der Waals surface area contributed by atoms with Crippen molar-refractivity contribution in [2.75, 3.05) is 0 Å². The minimum atomic E-state index is -0.711. The van der Waals surface area contributed by atoms with Gasteiger partial charge in [-0.1, -0.05) is 36.4 Å². The lowest BCUT2D eigenvalue weighted by molar-refractivity contribution is -0.137. The second-order valence-corrected chi connectivity index (χ2v) is 4.08. The van der Waals surface area contributed by atoms with Crippen molar-refractivity contribution in [3.63, 3.8) is 0 Å². The van der Waals surface area contributed by atoms with E-state index < -0.39 is 5.97 Å². The molecule has 1 aromatic rings. The van der Waals surface area contributed by atoms with Crippen LogP contribution in [0.1, 0.15) is 37.3 Å². The van der Waals surface area contributed by atoms with Gasteiger partial charge >= 0.3 is 5.97 Å². The van der Waals surface area contributed by atoms with Crippen molar-refractivity contribution in [2.24, 2.45) is 0 Å². The summed E-state index contributed by atoms with van der Waals surface area (Å²) in [4.78, 5) is 10.3. The Morgan fingerprint density at radius 2 is 1.88 bits per heavy atom. The zero-order valence-corrected chi connectivity index (χ0v) is 9.70. The molecular formula is C14H18O2. The first-order chi connectivity index (χ1) is 7.59. The van der Waals surface area contributed by atoms with Crippen LogP contribution in [0.2, 0.25) is 0 Å². The van der Waals surface area contributed by atoms with Gasteiger partial charge in [0, 0.05) is 6.42 Å². The summed E-state index contributed by atoms with van der Waals surface area (Å²) in [6, 6.07) is 8.30. The average Bonchev–Trinajstić information content (AvgIpc) is 2.25. The Balaban J connectivity index is 2.38. The number of hydrogen-bond donors (Lipinski definition) is 1. The maximum atomic E-state index is 10.3. The number of carboxylic acid groups (broad SMARTS) is 1. The lowest BCUT2D eigenvalue weighted by Gasteiger charge is -2.03. The number of unbranched alkanes of at least 4 members (excludes halogenated alkanes) is 1. The Morgan fingerprint density at radius 3 is 2.38 bits per heavy atom. The molecule has 0 radical (unpaired) electrons. The smallest absolute Gasteiger partial charge is 0.303 e. The van der Waals surface area contributed by atoms with Crippen LogP contribution in [0.3, 0.4) is 0 Å². The topological polar surface area (TPSA) is 37.3 Å². The van der Waals surface area contributed by atoms with Gasteiger partial charge in [-0.2, -0.15) is 0 Å². The van der Waals surface area contributed by atoms with E-state index in [2.05, 4.69) is 30.8 Å². The number of allylic oxidation sites excluding steroid dienone is 1. The van der Waals surface area contributed by atoms with E-state index >= 15 is 0 Å². The Labute approximate surface area is 96.6 Å². The lowest BCUT2D eigenvalue weighted by atomic mass is 10.0. The van der Waals surface area contributed by atoms with E-state index in [1.54, 1.807) is 0 Å². The zero-order chi connectivity index (χ0) is 12.0. The Bertz CT molecular complexity index is 363. The van der Waals surface area contributed by atoms with Crippen LogP contribution in [0, 0.1) is 0 Å². The normalized spacial score (nSPS) is 10.1. The number of carbonyl (C=O) groups is 1. The molecule has 16 heavy (non-hydrogen) atoms. The van der Waals surface area contributed by atoms with E-state index in [4.69, 9.17) is 5.11 Å². The fourth-order valence-electron chi connectivity index (χ4n) is 1.56. The first kappa shape index (κ1) is 12.5. The van der Waals surface area contributed by atoms with E-state index in [0.717, 1.165) is 30.4 Å². The SMILES string of the molecule is C=C(C)c1ccc(CCCCC(=O)O)cc1. The number of rotatable bonds is 6. The molecule has 1 N–H and O–H groups in total. The molecule has 0 aliphatic carbocycles. The highest BCUT2D eigenvalue weighted by molar-refractivity contribution is 5.66. The summed E-state index contributed by atoms with van der Waals surface area (Å²) in [5, 5.41) is 8.50. The number of carboxylic acids is 1. The van der Waals surface area contributed by atoms with Crippen LogP contribution in [0.4, 0.5) is 0 Å². The molecule has 2 heteroatoms. The molecular weight excluding hydrogens is 200 g/mol. The molecule has 0 spiro atoms. The van der Waals surface area contributed by atoms with E-state index in [0.29, 0.717) is 0 Å². The molecule has 2 nitrogen and oxygen atoms in total. The Hall–Kier alpha value is -1.57. The number of aliphatic carboxylic acids is 1. The highest BCUT2D eigenvalue weighted by Crippen LogP contribution is 2.14. The summed E-state index contributed by atoms with van der Waals surface area (Å²) in [6.07, 6.45) is 2.89. The van der Waals surface area contributed by atoms with Crippen molar-refractivity contribution in [2.45, 2.75) is 32.6 Å². The number of aryl methyl sites for hydroxylation is 1. The van der Waals surface area contributed by atoms with Crippen molar-refractivity contribution >= 4 is 11.5 Å². The molecule has 0 aliphatic heterocycles. The minimum absolute atomic E-state index is 0.268. The first-order valence-corrected chi connectivity index (χ1v) is 5.56. The van der Waals surface area contributed by atoms with Crippen LogP contribution in [0.25, 0.3) is 5.57 Å². The molecule has 0 saturated heterocycles. The second kappa shape index (κ2) is 6.11. The van der Waals surface area contributed by atoms with Gasteiger partial charge < -0.3 is 5.11 Å². The Kier molecular flexibility index (Phi) is 4.77. The number of hydrogen-bond acceptors (Lipinski definition) is 1. The maximum absolute atomic E-state index is 10.3. The molecule has 1 aromatic carbocycles. The molecule has 0 bridgehead atoms. The lowest BCUT2D eigenvalue weighted by Crippen LogP contribution is -1.95. The van der Waals surface area contributed by atoms with E-state index in [9.17, 15) is 4.79 Å². The third kappa shape index (κ3) is 4.30. The predicted octanol–water partition coefficient (Wildman–Crippen LogP) is 3.52. The van der Waals surface area contributed by atoms with Gasteiger partial charge in [0.15, 0.2) is 0 Å². The molecule has 0 amide bonds. The molecule has 0 unspecified atom stereocenters. The molecule has 0 atom stereocenters. The van der Waals surface area contributed by atoms with Crippen LogP contribution >= 0.6 is 0 Å². The zero-order valence-electron chi connectivity index (χ0n) is 9.70. The van der Waals surface area contributed by atoms with Gasteiger partial charge in [0.25, 0.3) is 0 Å². The van der Waals surface area contributed by atoms with Gasteiger partial charge in [-0.3, -0.25) is 4.79 Å². The van der Waals surface area contributed by atoms with Crippen LogP contribution in [0.15, 0.2) is 30.8 Å². The minimum Gasteiger partial charge on any atom is -0.481 e. The summed E-state index contributed by atoms with van der Waals surface area (Å²) in [5.41, 5.74) is 3.49. The fraction of sp³-hybridized carbons (Fsp3) is 0.357. The third-order valence-electron chi connectivity index (χ3n) is 2.55. The van der Waals surface area contributed by atoms with Crippen molar-refractivity contribution in [1.82, 2.24) is 0 Å².